The second-order valence-electron chi connectivity index (χ2n) is 6.72. The summed E-state index contributed by atoms with van der Waals surface area (Å²) < 4.78 is 7.30. The molecule has 0 saturated carbocycles. The zero-order chi connectivity index (χ0) is 20.1. The van der Waals surface area contributed by atoms with Crippen molar-refractivity contribution in [3.8, 4) is 11.4 Å². The number of nitrogens with one attached hydrogen (secondary N) is 1. The first-order chi connectivity index (χ1) is 13.5. The van der Waals surface area contributed by atoms with E-state index in [2.05, 4.69) is 10.4 Å². The van der Waals surface area contributed by atoms with Gasteiger partial charge in [-0.2, -0.15) is 5.10 Å². The van der Waals surface area contributed by atoms with Crippen molar-refractivity contribution < 1.29 is 9.53 Å². The molecule has 6 nitrogen and oxygen atoms in total. The second kappa shape index (κ2) is 8.61. The van der Waals surface area contributed by atoms with E-state index in [9.17, 15) is 4.79 Å². The lowest BCUT2D eigenvalue weighted by atomic mass is 10.2. The lowest BCUT2D eigenvalue weighted by molar-refractivity contribution is 0.220. The normalized spacial score (nSPS) is 10.6. The van der Waals surface area contributed by atoms with Crippen LogP contribution in [0.15, 0.2) is 54.6 Å². The Morgan fingerprint density at radius 1 is 1.14 bits per heavy atom. The fourth-order valence-electron chi connectivity index (χ4n) is 3.05. The molecule has 0 atom stereocenters. The third-order valence-electron chi connectivity index (χ3n) is 4.38. The Morgan fingerprint density at radius 2 is 1.86 bits per heavy atom. The molecular weight excluding hydrogens is 352 g/mol. The molecule has 0 unspecified atom stereocenters. The molecule has 0 aliphatic rings. The zero-order valence-electron chi connectivity index (χ0n) is 16.8. The Morgan fingerprint density at radius 3 is 2.50 bits per heavy atom. The molecule has 146 valence electrons. The van der Waals surface area contributed by atoms with Crippen molar-refractivity contribution in [2.24, 2.45) is 0 Å². The van der Waals surface area contributed by atoms with Crippen LogP contribution in [0.4, 0.5) is 10.5 Å². The molecule has 0 bridgehead atoms. The summed E-state index contributed by atoms with van der Waals surface area (Å²) in [5.74, 6) is 0.831. The maximum Gasteiger partial charge on any atom is 0.321 e. The number of ether oxygens (including phenoxy) is 1. The standard InChI is InChI=1S/C22H26N4O2/c1-5-28-19-12-10-18(11-13-19)15-25(4)22(27)23-20-8-6-7-9-21(20)26-17(3)14-16(2)24-26/h6-14H,5,15H2,1-4H3,(H,23,27). The van der Waals surface area contributed by atoms with Gasteiger partial charge in [0, 0.05) is 19.3 Å². The molecule has 0 spiro atoms. The van der Waals surface area contributed by atoms with Crippen molar-refractivity contribution >= 4 is 11.7 Å². The number of nitrogens with zero attached hydrogens (tertiary/aromatic N) is 3. The maximum atomic E-state index is 12.7. The van der Waals surface area contributed by atoms with Crippen LogP contribution >= 0.6 is 0 Å². The van der Waals surface area contributed by atoms with E-state index in [1.54, 1.807) is 11.9 Å². The lowest BCUT2D eigenvalue weighted by Gasteiger charge is -2.20. The number of amides is 2. The zero-order valence-corrected chi connectivity index (χ0v) is 16.8. The summed E-state index contributed by atoms with van der Waals surface area (Å²) in [4.78, 5) is 14.4. The molecule has 6 heteroatoms. The van der Waals surface area contributed by atoms with E-state index in [1.165, 1.54) is 0 Å². The van der Waals surface area contributed by atoms with Gasteiger partial charge in [-0.25, -0.2) is 9.48 Å². The van der Waals surface area contributed by atoms with Crippen LogP contribution in [0, 0.1) is 13.8 Å². The number of benzene rings is 2. The van der Waals surface area contributed by atoms with Gasteiger partial charge in [0.1, 0.15) is 5.75 Å². The molecule has 28 heavy (non-hydrogen) atoms. The predicted octanol–water partition coefficient (Wildman–Crippen LogP) is 4.55. The van der Waals surface area contributed by atoms with E-state index in [4.69, 9.17) is 4.74 Å². The monoisotopic (exact) mass is 378 g/mol. The lowest BCUT2D eigenvalue weighted by Crippen LogP contribution is -2.31. The minimum atomic E-state index is -0.178. The highest BCUT2D eigenvalue weighted by Gasteiger charge is 2.14. The van der Waals surface area contributed by atoms with Gasteiger partial charge in [0.05, 0.1) is 23.7 Å². The second-order valence-corrected chi connectivity index (χ2v) is 6.72. The molecule has 2 amide bonds. The van der Waals surface area contributed by atoms with Gasteiger partial charge < -0.3 is 15.0 Å². The minimum absolute atomic E-state index is 0.178. The summed E-state index contributed by atoms with van der Waals surface area (Å²) in [5.41, 5.74) is 4.55. The summed E-state index contributed by atoms with van der Waals surface area (Å²) in [5, 5.41) is 7.52. The molecule has 1 aromatic heterocycles. The Kier molecular flexibility index (Phi) is 5.99. The molecule has 1 N–H and O–H groups in total. The molecular formula is C22H26N4O2. The first-order valence-electron chi connectivity index (χ1n) is 9.34. The summed E-state index contributed by atoms with van der Waals surface area (Å²) in [6.45, 7) is 7.04. The molecule has 0 radical (unpaired) electrons. The number of carbonyl (C=O) groups is 1. The molecule has 1 heterocycles. The van der Waals surface area contributed by atoms with Crippen molar-refractivity contribution in [3.63, 3.8) is 0 Å². The first kappa shape index (κ1) is 19.5. The molecule has 3 aromatic rings. The van der Waals surface area contributed by atoms with Crippen molar-refractivity contribution in [2.75, 3.05) is 19.0 Å². The van der Waals surface area contributed by atoms with Gasteiger partial charge in [-0.1, -0.05) is 24.3 Å². The largest absolute Gasteiger partial charge is 0.494 e. The molecule has 2 aromatic carbocycles. The van der Waals surface area contributed by atoms with Gasteiger partial charge in [0.25, 0.3) is 0 Å². The topological polar surface area (TPSA) is 59.4 Å². The Balaban J connectivity index is 1.71. The number of anilines is 1. The Hall–Kier alpha value is -3.28. The molecule has 0 aliphatic carbocycles. The molecule has 3 rings (SSSR count). The number of hydrogen-bond acceptors (Lipinski definition) is 3. The number of para-hydroxylation sites is 2. The minimum Gasteiger partial charge on any atom is -0.494 e. The van der Waals surface area contributed by atoms with Crippen LogP contribution < -0.4 is 10.1 Å². The van der Waals surface area contributed by atoms with E-state index in [1.807, 2.05) is 80.1 Å². The average Bonchev–Trinajstić information content (AvgIpc) is 3.02. The Bertz CT molecular complexity index is 947. The van der Waals surface area contributed by atoms with Crippen molar-refractivity contribution in [2.45, 2.75) is 27.3 Å². The number of aryl methyl sites for hydroxylation is 2. The van der Waals surface area contributed by atoms with E-state index >= 15 is 0 Å². The molecule has 0 aliphatic heterocycles. The SMILES string of the molecule is CCOc1ccc(CN(C)C(=O)Nc2ccccc2-n2nc(C)cc2C)cc1. The van der Waals surface area contributed by atoms with Crippen molar-refractivity contribution in [3.05, 3.63) is 71.5 Å². The van der Waals surface area contributed by atoms with Gasteiger partial charge in [0.15, 0.2) is 0 Å². The van der Waals surface area contributed by atoms with Gasteiger partial charge in [-0.05, 0) is 56.7 Å². The van der Waals surface area contributed by atoms with Crippen LogP contribution in [0.25, 0.3) is 5.69 Å². The number of aromatic nitrogens is 2. The number of carbonyl (C=O) groups excluding carboxylic acids is 1. The fourth-order valence-corrected chi connectivity index (χ4v) is 3.05. The van der Waals surface area contributed by atoms with E-state index < -0.39 is 0 Å². The third-order valence-corrected chi connectivity index (χ3v) is 4.38. The summed E-state index contributed by atoms with van der Waals surface area (Å²) in [7, 11) is 1.78. The maximum absolute atomic E-state index is 12.7. The summed E-state index contributed by atoms with van der Waals surface area (Å²) in [6.07, 6.45) is 0. The average molecular weight is 378 g/mol. The molecule has 0 fully saturated rings. The number of hydrogen-bond donors (Lipinski definition) is 1. The number of rotatable bonds is 6. The van der Waals surface area contributed by atoms with Gasteiger partial charge in [0.2, 0.25) is 0 Å². The van der Waals surface area contributed by atoms with Crippen molar-refractivity contribution in [1.82, 2.24) is 14.7 Å². The fraction of sp³-hybridized carbons (Fsp3) is 0.273. The Labute approximate surface area is 165 Å². The third kappa shape index (κ3) is 4.52. The van der Waals surface area contributed by atoms with Crippen LogP contribution in [0.2, 0.25) is 0 Å². The number of urea groups is 1. The first-order valence-corrected chi connectivity index (χ1v) is 9.34. The molecule has 0 saturated heterocycles. The van der Waals surface area contributed by atoms with E-state index in [0.717, 1.165) is 34.1 Å². The van der Waals surface area contributed by atoms with Crippen molar-refractivity contribution in [1.29, 1.82) is 0 Å². The van der Waals surface area contributed by atoms with Crippen LogP contribution in [0.3, 0.4) is 0 Å². The highest BCUT2D eigenvalue weighted by Crippen LogP contribution is 2.22. The van der Waals surface area contributed by atoms with Gasteiger partial charge in [-0.15, -0.1) is 0 Å². The van der Waals surface area contributed by atoms with Crippen LogP contribution in [-0.4, -0.2) is 34.4 Å². The van der Waals surface area contributed by atoms with E-state index in [0.29, 0.717) is 13.2 Å². The summed E-state index contributed by atoms with van der Waals surface area (Å²) >= 11 is 0. The highest BCUT2D eigenvalue weighted by atomic mass is 16.5. The summed E-state index contributed by atoms with van der Waals surface area (Å²) in [6, 6.07) is 17.3. The quantitative estimate of drug-likeness (QED) is 0.684. The van der Waals surface area contributed by atoms with Crippen LogP contribution in [0.1, 0.15) is 23.9 Å². The van der Waals surface area contributed by atoms with Gasteiger partial charge in [-0.3, -0.25) is 0 Å². The highest BCUT2D eigenvalue weighted by molar-refractivity contribution is 5.91. The van der Waals surface area contributed by atoms with Crippen LogP contribution in [0.5, 0.6) is 5.75 Å². The van der Waals surface area contributed by atoms with E-state index in [-0.39, 0.29) is 6.03 Å². The smallest absolute Gasteiger partial charge is 0.321 e. The predicted molar refractivity (Wildman–Crippen MR) is 111 cm³/mol. The van der Waals surface area contributed by atoms with Gasteiger partial charge >= 0.3 is 6.03 Å². The van der Waals surface area contributed by atoms with Crippen LogP contribution in [-0.2, 0) is 6.54 Å².